The van der Waals surface area contributed by atoms with Crippen LogP contribution in [-0.2, 0) is 9.59 Å². The largest absolute Gasteiger partial charge is 0.308 e. The SMILES string of the molecule is C=CCN1C(=O)C(=C2C(=O)N(CC)c3ccc([N+](=O)[O-])cc32)SC1=S. The zero-order chi connectivity index (χ0) is 18.3. The topological polar surface area (TPSA) is 83.8 Å². The molecule has 0 bridgehead atoms. The standard InChI is InChI=1S/C16H13N3O4S2/c1-3-7-18-15(21)13(25-16(18)24)12-10-8-9(19(22)23)5-6-11(10)17(4-2)14(12)20/h3,5-6,8H,1,4,7H2,2H3. The van der Waals surface area contributed by atoms with E-state index in [9.17, 15) is 19.7 Å². The average molecular weight is 375 g/mol. The summed E-state index contributed by atoms with van der Waals surface area (Å²) in [5, 5.41) is 11.1. The Hall–Kier alpha value is -2.52. The molecule has 1 saturated heterocycles. The van der Waals surface area contributed by atoms with Crippen LogP contribution in [0.1, 0.15) is 12.5 Å². The molecule has 0 atom stereocenters. The molecular weight excluding hydrogens is 362 g/mol. The Morgan fingerprint density at radius 3 is 2.64 bits per heavy atom. The molecule has 0 aromatic heterocycles. The summed E-state index contributed by atoms with van der Waals surface area (Å²) in [7, 11) is 0. The monoisotopic (exact) mass is 375 g/mol. The molecule has 1 aromatic rings. The minimum absolute atomic E-state index is 0.136. The molecule has 0 spiro atoms. The van der Waals surface area contributed by atoms with Gasteiger partial charge in [0.05, 0.1) is 21.1 Å². The Balaban J connectivity index is 2.21. The number of carbonyl (C=O) groups excluding carboxylic acids is 2. The lowest BCUT2D eigenvalue weighted by atomic mass is 10.1. The van der Waals surface area contributed by atoms with E-state index in [-0.39, 0.29) is 34.5 Å². The molecule has 0 aliphatic carbocycles. The second-order valence-electron chi connectivity index (χ2n) is 5.28. The third-order valence-corrected chi connectivity index (χ3v) is 5.36. The van der Waals surface area contributed by atoms with Crippen molar-refractivity contribution in [1.29, 1.82) is 0 Å². The number of nitrogens with zero attached hydrogens (tertiary/aromatic N) is 3. The Morgan fingerprint density at radius 2 is 2.04 bits per heavy atom. The van der Waals surface area contributed by atoms with Crippen LogP contribution in [0.25, 0.3) is 5.57 Å². The van der Waals surface area contributed by atoms with Crippen molar-refractivity contribution < 1.29 is 14.5 Å². The van der Waals surface area contributed by atoms with E-state index >= 15 is 0 Å². The number of non-ortho nitro benzene ring substituents is 1. The predicted octanol–water partition coefficient (Wildman–Crippen LogP) is 2.72. The second kappa shape index (κ2) is 6.41. The lowest BCUT2D eigenvalue weighted by Crippen LogP contribution is -2.29. The number of rotatable bonds is 4. The smallest absolute Gasteiger partial charge is 0.270 e. The van der Waals surface area contributed by atoms with E-state index in [2.05, 4.69) is 6.58 Å². The van der Waals surface area contributed by atoms with Gasteiger partial charge in [-0.1, -0.05) is 30.1 Å². The van der Waals surface area contributed by atoms with Crippen LogP contribution in [0, 0.1) is 10.1 Å². The molecule has 9 heteroatoms. The fourth-order valence-electron chi connectivity index (χ4n) is 2.80. The van der Waals surface area contributed by atoms with Gasteiger partial charge in [-0.2, -0.15) is 0 Å². The van der Waals surface area contributed by atoms with E-state index < -0.39 is 4.92 Å². The molecule has 2 amide bonds. The summed E-state index contributed by atoms with van der Waals surface area (Å²) in [6.45, 7) is 6.03. The van der Waals surface area contributed by atoms with Crippen molar-refractivity contribution in [3.05, 3.63) is 51.4 Å². The quantitative estimate of drug-likeness (QED) is 0.265. The number of thioether (sulfide) groups is 1. The number of likely N-dealkylation sites (N-methyl/N-ethyl adjacent to an activating group) is 1. The first kappa shape index (κ1) is 17.3. The first-order valence-electron chi connectivity index (χ1n) is 7.40. The van der Waals surface area contributed by atoms with Gasteiger partial charge in [-0.05, 0) is 13.0 Å². The fraction of sp³-hybridized carbons (Fsp3) is 0.188. The number of nitro benzene ring substituents is 1. The van der Waals surface area contributed by atoms with Gasteiger partial charge in [0, 0.05) is 30.8 Å². The molecule has 1 fully saturated rings. The number of benzene rings is 1. The highest BCUT2D eigenvalue weighted by molar-refractivity contribution is 8.26. The molecule has 0 unspecified atom stereocenters. The highest BCUT2D eigenvalue weighted by atomic mass is 32.2. The molecule has 2 heterocycles. The first-order valence-corrected chi connectivity index (χ1v) is 8.62. The zero-order valence-electron chi connectivity index (χ0n) is 13.2. The van der Waals surface area contributed by atoms with Crippen LogP contribution in [0.3, 0.4) is 0 Å². The minimum Gasteiger partial charge on any atom is -0.308 e. The summed E-state index contributed by atoms with van der Waals surface area (Å²) in [6.07, 6.45) is 1.55. The minimum atomic E-state index is -0.528. The van der Waals surface area contributed by atoms with Crippen LogP contribution in [0.4, 0.5) is 11.4 Å². The van der Waals surface area contributed by atoms with Crippen LogP contribution in [0.2, 0.25) is 0 Å². The number of hydrogen-bond donors (Lipinski definition) is 0. The summed E-state index contributed by atoms with van der Waals surface area (Å²) < 4.78 is 0.335. The molecule has 1 aromatic carbocycles. The first-order chi connectivity index (χ1) is 11.9. The van der Waals surface area contributed by atoms with Crippen molar-refractivity contribution in [2.75, 3.05) is 18.0 Å². The molecular formula is C16H13N3O4S2. The van der Waals surface area contributed by atoms with Crippen LogP contribution in [0.15, 0.2) is 35.8 Å². The van der Waals surface area contributed by atoms with E-state index in [0.717, 1.165) is 11.8 Å². The van der Waals surface area contributed by atoms with Gasteiger partial charge in [0.1, 0.15) is 4.32 Å². The molecule has 2 aliphatic heterocycles. The Morgan fingerprint density at radius 1 is 1.32 bits per heavy atom. The van der Waals surface area contributed by atoms with E-state index in [4.69, 9.17) is 12.2 Å². The average Bonchev–Trinajstić information content (AvgIpc) is 3.01. The molecule has 0 N–H and O–H groups in total. The molecule has 25 heavy (non-hydrogen) atoms. The fourth-order valence-corrected chi connectivity index (χ4v) is 4.15. The van der Waals surface area contributed by atoms with Gasteiger partial charge in [0.25, 0.3) is 17.5 Å². The Labute approximate surface area is 153 Å². The molecule has 0 saturated carbocycles. The van der Waals surface area contributed by atoms with Crippen molar-refractivity contribution in [3.8, 4) is 0 Å². The van der Waals surface area contributed by atoms with Crippen molar-refractivity contribution >= 4 is 57.1 Å². The van der Waals surface area contributed by atoms with Gasteiger partial charge in [0.15, 0.2) is 0 Å². The highest BCUT2D eigenvalue weighted by Gasteiger charge is 2.41. The lowest BCUT2D eigenvalue weighted by molar-refractivity contribution is -0.384. The Bertz CT molecular complexity index is 878. The number of fused-ring (bicyclic) bond motifs is 1. The second-order valence-corrected chi connectivity index (χ2v) is 6.93. The number of amides is 2. The maximum atomic E-state index is 12.8. The summed E-state index contributed by atoms with van der Waals surface area (Å²) in [4.78, 5) is 39.1. The van der Waals surface area contributed by atoms with E-state index in [1.54, 1.807) is 13.0 Å². The maximum Gasteiger partial charge on any atom is 0.270 e. The number of anilines is 1. The summed E-state index contributed by atoms with van der Waals surface area (Å²) in [6, 6.07) is 4.21. The van der Waals surface area contributed by atoms with Gasteiger partial charge in [-0.15, -0.1) is 6.58 Å². The number of hydrogen-bond acceptors (Lipinski definition) is 6. The highest BCUT2D eigenvalue weighted by Crippen LogP contribution is 2.45. The summed E-state index contributed by atoms with van der Waals surface area (Å²) in [5.41, 5.74) is 0.982. The van der Waals surface area contributed by atoms with Gasteiger partial charge in [0.2, 0.25) is 0 Å². The predicted molar refractivity (Wildman–Crippen MR) is 100 cm³/mol. The van der Waals surface area contributed by atoms with E-state index in [1.807, 2.05) is 0 Å². The zero-order valence-corrected chi connectivity index (χ0v) is 14.9. The molecule has 0 radical (unpaired) electrons. The maximum absolute atomic E-state index is 12.8. The summed E-state index contributed by atoms with van der Waals surface area (Å²) in [5.74, 6) is -0.731. The number of nitro groups is 1. The van der Waals surface area contributed by atoms with Crippen molar-refractivity contribution in [2.24, 2.45) is 0 Å². The van der Waals surface area contributed by atoms with E-state index in [1.165, 1.54) is 28.0 Å². The van der Waals surface area contributed by atoms with Crippen LogP contribution in [0.5, 0.6) is 0 Å². The lowest BCUT2D eigenvalue weighted by Gasteiger charge is -2.13. The number of thiocarbonyl (C=S) groups is 1. The van der Waals surface area contributed by atoms with Crippen LogP contribution >= 0.6 is 24.0 Å². The normalized spacial score (nSPS) is 19.6. The third kappa shape index (κ3) is 2.65. The molecule has 2 aliphatic rings. The summed E-state index contributed by atoms with van der Waals surface area (Å²) >= 11 is 6.25. The van der Waals surface area contributed by atoms with Gasteiger partial charge in [-0.3, -0.25) is 24.6 Å². The third-order valence-electron chi connectivity index (χ3n) is 3.91. The van der Waals surface area contributed by atoms with Crippen molar-refractivity contribution in [3.63, 3.8) is 0 Å². The molecule has 3 rings (SSSR count). The van der Waals surface area contributed by atoms with Crippen molar-refractivity contribution in [1.82, 2.24) is 4.90 Å². The molecule has 128 valence electrons. The molecule has 7 nitrogen and oxygen atoms in total. The van der Waals surface area contributed by atoms with Crippen LogP contribution in [-0.4, -0.2) is 39.0 Å². The Kier molecular flexibility index (Phi) is 4.44. The van der Waals surface area contributed by atoms with Gasteiger partial charge >= 0.3 is 0 Å². The van der Waals surface area contributed by atoms with Crippen molar-refractivity contribution in [2.45, 2.75) is 6.92 Å². The van der Waals surface area contributed by atoms with E-state index in [0.29, 0.717) is 22.1 Å². The van der Waals surface area contributed by atoms with Crippen LogP contribution < -0.4 is 4.90 Å². The van der Waals surface area contributed by atoms with Gasteiger partial charge in [-0.25, -0.2) is 0 Å². The number of carbonyl (C=O) groups is 2. The van der Waals surface area contributed by atoms with Gasteiger partial charge < -0.3 is 4.90 Å².